The fourth-order valence-electron chi connectivity index (χ4n) is 0.943. The lowest BCUT2D eigenvalue weighted by Crippen LogP contribution is -2.23. The molecule has 0 spiro atoms. The van der Waals surface area contributed by atoms with E-state index in [1.807, 2.05) is 0 Å². The number of ether oxygens (including phenoxy) is 1. The zero-order chi connectivity index (χ0) is 11.5. The molecule has 1 aromatic carbocycles. The van der Waals surface area contributed by atoms with Crippen LogP contribution >= 0.6 is 0 Å². The van der Waals surface area contributed by atoms with Crippen molar-refractivity contribution in [2.45, 2.75) is 27.1 Å². The second kappa shape index (κ2) is 4.43. The van der Waals surface area contributed by atoms with Crippen LogP contribution in [-0.2, 0) is 9.53 Å². The lowest BCUT2D eigenvalue weighted by molar-refractivity contribution is -0.168. The molecule has 0 aromatic heterocycles. The lowest BCUT2D eigenvalue weighted by Gasteiger charge is -2.18. The number of hydrogen-bond donors (Lipinski definition) is 0. The Hall–Kier alpha value is -1.38. The summed E-state index contributed by atoms with van der Waals surface area (Å²) in [6.07, 6.45) is -1.68. The number of alkyl halides is 1. The third kappa shape index (κ3) is 3.35. The summed E-state index contributed by atoms with van der Waals surface area (Å²) in [5.74, 6) is -0.543. The molecule has 82 valence electrons. The minimum Gasteiger partial charge on any atom is -0.426 e. The average Bonchev–Trinajstić information content (AvgIpc) is 2.17. The lowest BCUT2D eigenvalue weighted by atomic mass is 9.97. The highest BCUT2D eigenvalue weighted by Gasteiger charge is 2.26. The van der Waals surface area contributed by atoms with Gasteiger partial charge in [-0.1, -0.05) is 30.3 Å². The topological polar surface area (TPSA) is 26.3 Å². The van der Waals surface area contributed by atoms with Gasteiger partial charge in [0.2, 0.25) is 0 Å². The molecule has 0 unspecified atom stereocenters. The molecule has 1 atom stereocenters. The van der Waals surface area contributed by atoms with Crippen LogP contribution in [0.5, 0.6) is 0 Å². The Bertz CT molecular complexity index is 327. The van der Waals surface area contributed by atoms with Gasteiger partial charge in [-0.3, -0.25) is 4.79 Å². The number of halogens is 1. The Kier molecular flexibility index (Phi) is 3.45. The molecule has 0 aliphatic carbocycles. The monoisotopic (exact) mass is 210 g/mol. The summed E-state index contributed by atoms with van der Waals surface area (Å²) in [5, 5.41) is 0. The van der Waals surface area contributed by atoms with Crippen LogP contribution < -0.4 is 0 Å². The van der Waals surface area contributed by atoms with Crippen molar-refractivity contribution in [1.82, 2.24) is 0 Å². The minimum absolute atomic E-state index is 0.357. The van der Waals surface area contributed by atoms with E-state index in [0.717, 1.165) is 0 Å². The maximum absolute atomic E-state index is 13.5. The number of hydrogen-bond acceptors (Lipinski definition) is 2. The minimum atomic E-state index is -1.68. The predicted molar refractivity (Wildman–Crippen MR) is 55.8 cm³/mol. The molecule has 0 saturated carbocycles. The second-order valence-electron chi connectivity index (χ2n) is 4.38. The summed E-state index contributed by atoms with van der Waals surface area (Å²) in [7, 11) is 0. The van der Waals surface area contributed by atoms with E-state index in [9.17, 15) is 9.18 Å². The molecule has 0 radical (unpaired) electrons. The summed E-state index contributed by atoms with van der Waals surface area (Å²) in [6.45, 7) is 5.06. The van der Waals surface area contributed by atoms with Gasteiger partial charge >= 0.3 is 5.97 Å². The summed E-state index contributed by atoms with van der Waals surface area (Å²) in [6, 6.07) is 8.35. The van der Waals surface area contributed by atoms with E-state index in [1.54, 1.807) is 51.1 Å². The van der Waals surface area contributed by atoms with E-state index >= 15 is 0 Å². The largest absolute Gasteiger partial charge is 0.426 e. The molecule has 15 heavy (non-hydrogen) atoms. The molecule has 0 fully saturated rings. The van der Waals surface area contributed by atoms with E-state index in [4.69, 9.17) is 4.74 Å². The van der Waals surface area contributed by atoms with E-state index in [0.29, 0.717) is 5.56 Å². The summed E-state index contributed by atoms with van der Waals surface area (Å²) in [5.41, 5.74) is -0.325. The van der Waals surface area contributed by atoms with Crippen molar-refractivity contribution >= 4 is 5.97 Å². The number of esters is 1. The highest BCUT2D eigenvalue weighted by Crippen LogP contribution is 2.24. The van der Waals surface area contributed by atoms with Crippen LogP contribution in [0, 0.1) is 5.41 Å². The number of carbonyl (C=O) groups excluding carboxylic acids is 1. The van der Waals surface area contributed by atoms with Gasteiger partial charge in [-0.05, 0) is 20.8 Å². The zero-order valence-corrected chi connectivity index (χ0v) is 9.16. The van der Waals surface area contributed by atoms with Gasteiger partial charge in [0, 0.05) is 5.56 Å². The van der Waals surface area contributed by atoms with Crippen LogP contribution in [0.25, 0.3) is 0 Å². The van der Waals surface area contributed by atoms with Gasteiger partial charge in [0.15, 0.2) is 0 Å². The van der Waals surface area contributed by atoms with Gasteiger partial charge in [0.05, 0.1) is 5.41 Å². The first-order chi connectivity index (χ1) is 6.91. The first-order valence-corrected chi connectivity index (χ1v) is 4.81. The van der Waals surface area contributed by atoms with Crippen molar-refractivity contribution in [3.63, 3.8) is 0 Å². The summed E-state index contributed by atoms with van der Waals surface area (Å²) < 4.78 is 18.2. The maximum atomic E-state index is 13.5. The molecule has 0 amide bonds. The van der Waals surface area contributed by atoms with E-state index in [-0.39, 0.29) is 0 Å². The molecule has 0 bridgehead atoms. The Morgan fingerprint density at radius 3 is 2.27 bits per heavy atom. The van der Waals surface area contributed by atoms with Gasteiger partial charge < -0.3 is 4.74 Å². The van der Waals surface area contributed by atoms with Crippen molar-refractivity contribution in [2.24, 2.45) is 5.41 Å². The summed E-state index contributed by atoms with van der Waals surface area (Å²) in [4.78, 5) is 11.4. The van der Waals surface area contributed by atoms with Crippen LogP contribution in [0.2, 0.25) is 0 Å². The molecule has 0 aliphatic heterocycles. The van der Waals surface area contributed by atoms with Crippen LogP contribution in [-0.4, -0.2) is 5.97 Å². The Balaban J connectivity index is 2.65. The van der Waals surface area contributed by atoms with E-state index < -0.39 is 17.7 Å². The van der Waals surface area contributed by atoms with Gasteiger partial charge in [-0.2, -0.15) is 4.39 Å². The van der Waals surface area contributed by atoms with Gasteiger partial charge in [-0.25, -0.2) is 0 Å². The third-order valence-corrected chi connectivity index (χ3v) is 1.88. The van der Waals surface area contributed by atoms with E-state index in [1.165, 1.54) is 0 Å². The molecule has 0 heterocycles. The Morgan fingerprint density at radius 2 is 1.80 bits per heavy atom. The van der Waals surface area contributed by atoms with Crippen molar-refractivity contribution in [2.75, 3.05) is 0 Å². The fourth-order valence-corrected chi connectivity index (χ4v) is 0.943. The first-order valence-electron chi connectivity index (χ1n) is 4.81. The summed E-state index contributed by atoms with van der Waals surface area (Å²) >= 11 is 0. The molecule has 1 aromatic rings. The molecular weight excluding hydrogens is 195 g/mol. The highest BCUT2D eigenvalue weighted by molar-refractivity contribution is 5.75. The number of carbonyl (C=O) groups is 1. The molecular formula is C12H15FO2. The van der Waals surface area contributed by atoms with Crippen LogP contribution in [0.4, 0.5) is 4.39 Å². The third-order valence-electron chi connectivity index (χ3n) is 1.88. The predicted octanol–water partition coefficient (Wildman–Crippen LogP) is 3.24. The van der Waals surface area contributed by atoms with Crippen LogP contribution in [0.1, 0.15) is 32.7 Å². The first kappa shape index (κ1) is 11.7. The van der Waals surface area contributed by atoms with E-state index in [2.05, 4.69) is 0 Å². The van der Waals surface area contributed by atoms with Crippen molar-refractivity contribution in [1.29, 1.82) is 0 Å². The Morgan fingerprint density at radius 1 is 1.27 bits per heavy atom. The smallest absolute Gasteiger partial charge is 0.314 e. The molecule has 0 aliphatic rings. The SMILES string of the molecule is CC(C)(C)C(=O)O[C@@H](F)c1ccccc1. The van der Waals surface area contributed by atoms with Crippen LogP contribution in [0.3, 0.4) is 0 Å². The Labute approximate surface area is 89.1 Å². The normalized spacial score (nSPS) is 13.3. The van der Waals surface area contributed by atoms with Gasteiger partial charge in [0.1, 0.15) is 0 Å². The maximum Gasteiger partial charge on any atom is 0.314 e. The molecule has 0 N–H and O–H groups in total. The highest BCUT2D eigenvalue weighted by atomic mass is 19.1. The average molecular weight is 210 g/mol. The van der Waals surface area contributed by atoms with Crippen molar-refractivity contribution in [3.8, 4) is 0 Å². The van der Waals surface area contributed by atoms with Gasteiger partial charge in [0.25, 0.3) is 6.36 Å². The molecule has 0 saturated heterocycles. The molecule has 2 nitrogen and oxygen atoms in total. The van der Waals surface area contributed by atoms with Crippen molar-refractivity contribution < 1.29 is 13.9 Å². The van der Waals surface area contributed by atoms with Crippen molar-refractivity contribution in [3.05, 3.63) is 35.9 Å². The molecule has 1 rings (SSSR count). The quantitative estimate of drug-likeness (QED) is 0.700. The second-order valence-corrected chi connectivity index (χ2v) is 4.38. The standard InChI is InChI=1S/C12H15FO2/c1-12(2,3)11(14)15-10(13)9-7-5-4-6-8-9/h4-8,10H,1-3H3/t10-/m1/s1. The number of benzene rings is 1. The van der Waals surface area contributed by atoms with Crippen LogP contribution in [0.15, 0.2) is 30.3 Å². The van der Waals surface area contributed by atoms with Gasteiger partial charge in [-0.15, -0.1) is 0 Å². The fraction of sp³-hybridized carbons (Fsp3) is 0.417. The number of rotatable bonds is 2. The zero-order valence-electron chi connectivity index (χ0n) is 9.16. The molecule has 3 heteroatoms.